The molecule has 0 heterocycles. The topological polar surface area (TPSA) is 35.5 Å². The molecule has 0 aromatic heterocycles. The fraction of sp³-hybridized carbons (Fsp3) is 0.611. The van der Waals surface area contributed by atoms with Crippen molar-refractivity contribution in [2.24, 2.45) is 11.8 Å². The molecule has 1 fully saturated rings. The molecule has 1 saturated carbocycles. The lowest BCUT2D eigenvalue weighted by Crippen LogP contribution is -2.24. The Bertz CT molecular complexity index is 481. The standard InChI is InChI=1S/C18H26O3/c1-4-13-6-5-7-15(10-13)16(19)11-14-8-9-17(20-2)18(12-14)21-3/h8-9,12-13,15H,4-7,10-11H2,1-3H3. The SMILES string of the molecule is CCC1CCCC(C(=O)Cc2ccc(OC)c(OC)c2)C1. The second-order valence-electron chi connectivity index (χ2n) is 5.97. The van der Waals surface area contributed by atoms with Crippen molar-refractivity contribution in [1.29, 1.82) is 0 Å². The van der Waals surface area contributed by atoms with Gasteiger partial charge in [-0.1, -0.05) is 32.3 Å². The summed E-state index contributed by atoms with van der Waals surface area (Å²) in [6.45, 7) is 2.23. The van der Waals surface area contributed by atoms with Gasteiger partial charge in [-0.3, -0.25) is 4.79 Å². The van der Waals surface area contributed by atoms with Crippen LogP contribution in [0.1, 0.15) is 44.6 Å². The number of carbonyl (C=O) groups is 1. The van der Waals surface area contributed by atoms with Crippen molar-refractivity contribution in [1.82, 2.24) is 0 Å². The Morgan fingerprint density at radius 2 is 1.95 bits per heavy atom. The monoisotopic (exact) mass is 290 g/mol. The lowest BCUT2D eigenvalue weighted by atomic mass is 9.77. The summed E-state index contributed by atoms with van der Waals surface area (Å²) in [5.41, 5.74) is 1.01. The van der Waals surface area contributed by atoms with Gasteiger partial charge in [-0.05, 0) is 36.5 Å². The number of hydrogen-bond acceptors (Lipinski definition) is 3. The summed E-state index contributed by atoms with van der Waals surface area (Å²) < 4.78 is 10.5. The maximum atomic E-state index is 12.5. The normalized spacial score (nSPS) is 21.9. The number of methoxy groups -OCH3 is 2. The number of ketones is 1. The Hall–Kier alpha value is -1.51. The second kappa shape index (κ2) is 7.48. The Kier molecular flexibility index (Phi) is 5.66. The van der Waals surface area contributed by atoms with E-state index < -0.39 is 0 Å². The molecule has 3 nitrogen and oxygen atoms in total. The van der Waals surface area contributed by atoms with Crippen LogP contribution < -0.4 is 9.47 Å². The molecule has 2 unspecified atom stereocenters. The molecule has 0 N–H and O–H groups in total. The van der Waals surface area contributed by atoms with E-state index in [9.17, 15) is 4.79 Å². The van der Waals surface area contributed by atoms with Crippen molar-refractivity contribution in [3.8, 4) is 11.5 Å². The number of hydrogen-bond donors (Lipinski definition) is 0. The molecule has 3 heteroatoms. The van der Waals surface area contributed by atoms with Crippen molar-refractivity contribution in [3.05, 3.63) is 23.8 Å². The van der Waals surface area contributed by atoms with Crippen LogP contribution in [0.25, 0.3) is 0 Å². The maximum absolute atomic E-state index is 12.5. The van der Waals surface area contributed by atoms with E-state index in [-0.39, 0.29) is 5.92 Å². The van der Waals surface area contributed by atoms with Gasteiger partial charge in [0.15, 0.2) is 11.5 Å². The summed E-state index contributed by atoms with van der Waals surface area (Å²) in [5, 5.41) is 0. The first-order valence-corrected chi connectivity index (χ1v) is 7.91. The molecule has 0 bridgehead atoms. The van der Waals surface area contributed by atoms with Crippen molar-refractivity contribution >= 4 is 5.78 Å². The van der Waals surface area contributed by atoms with Gasteiger partial charge in [0.05, 0.1) is 14.2 Å². The van der Waals surface area contributed by atoms with E-state index in [2.05, 4.69) is 6.92 Å². The van der Waals surface area contributed by atoms with E-state index >= 15 is 0 Å². The molecule has 1 aliphatic carbocycles. The fourth-order valence-corrected chi connectivity index (χ4v) is 3.29. The molecule has 2 atom stereocenters. The zero-order valence-corrected chi connectivity index (χ0v) is 13.4. The van der Waals surface area contributed by atoms with Crippen LogP contribution >= 0.6 is 0 Å². The number of rotatable bonds is 6. The minimum atomic E-state index is 0.247. The third kappa shape index (κ3) is 3.99. The summed E-state index contributed by atoms with van der Waals surface area (Å²) in [5.74, 6) is 2.76. The first-order valence-electron chi connectivity index (χ1n) is 7.91. The van der Waals surface area contributed by atoms with Gasteiger partial charge in [0.25, 0.3) is 0 Å². The highest BCUT2D eigenvalue weighted by molar-refractivity contribution is 5.83. The number of benzene rings is 1. The summed E-state index contributed by atoms with van der Waals surface area (Å²) in [6, 6.07) is 5.74. The first kappa shape index (κ1) is 15.9. The average molecular weight is 290 g/mol. The number of carbonyl (C=O) groups excluding carboxylic acids is 1. The van der Waals surface area contributed by atoms with Gasteiger partial charge in [-0.2, -0.15) is 0 Å². The van der Waals surface area contributed by atoms with Crippen molar-refractivity contribution < 1.29 is 14.3 Å². The molecular formula is C18H26O3. The van der Waals surface area contributed by atoms with Crippen LogP contribution in [0.2, 0.25) is 0 Å². The van der Waals surface area contributed by atoms with Gasteiger partial charge in [-0.25, -0.2) is 0 Å². The third-order valence-electron chi connectivity index (χ3n) is 4.64. The van der Waals surface area contributed by atoms with Crippen LogP contribution in [-0.2, 0) is 11.2 Å². The highest BCUT2D eigenvalue weighted by Crippen LogP contribution is 2.33. The van der Waals surface area contributed by atoms with Gasteiger partial charge in [0, 0.05) is 12.3 Å². The molecule has 1 aliphatic rings. The largest absolute Gasteiger partial charge is 0.493 e. The van der Waals surface area contributed by atoms with Gasteiger partial charge in [0.2, 0.25) is 0 Å². The highest BCUT2D eigenvalue weighted by Gasteiger charge is 2.26. The molecular weight excluding hydrogens is 264 g/mol. The Morgan fingerprint density at radius 3 is 2.62 bits per heavy atom. The molecule has 116 valence electrons. The van der Waals surface area contributed by atoms with Crippen LogP contribution in [0, 0.1) is 11.8 Å². The minimum absolute atomic E-state index is 0.247. The minimum Gasteiger partial charge on any atom is -0.493 e. The van der Waals surface area contributed by atoms with Gasteiger partial charge in [0.1, 0.15) is 5.78 Å². The summed E-state index contributed by atoms with van der Waals surface area (Å²) in [4.78, 5) is 12.5. The second-order valence-corrected chi connectivity index (χ2v) is 5.97. The Morgan fingerprint density at radius 1 is 1.19 bits per heavy atom. The molecule has 2 rings (SSSR count). The highest BCUT2D eigenvalue weighted by atomic mass is 16.5. The van der Waals surface area contributed by atoms with Crippen molar-refractivity contribution in [2.75, 3.05) is 14.2 Å². The quantitative estimate of drug-likeness (QED) is 0.793. The fourth-order valence-electron chi connectivity index (χ4n) is 3.29. The molecule has 21 heavy (non-hydrogen) atoms. The van der Waals surface area contributed by atoms with E-state index in [1.54, 1.807) is 14.2 Å². The summed E-state index contributed by atoms with van der Waals surface area (Å²) >= 11 is 0. The van der Waals surface area contributed by atoms with Crippen LogP contribution in [-0.4, -0.2) is 20.0 Å². The Balaban J connectivity index is 2.02. The number of Topliss-reactive ketones (excluding diaryl/α,β-unsaturated/α-hetero) is 1. The summed E-state index contributed by atoms with van der Waals surface area (Å²) in [6.07, 6.45) is 6.31. The molecule has 1 aromatic carbocycles. The molecule has 0 radical (unpaired) electrons. The van der Waals surface area contributed by atoms with Gasteiger partial charge >= 0.3 is 0 Å². The van der Waals surface area contributed by atoms with E-state index in [0.29, 0.717) is 23.7 Å². The van der Waals surface area contributed by atoms with E-state index in [0.717, 1.165) is 24.3 Å². The maximum Gasteiger partial charge on any atom is 0.161 e. The lowest BCUT2D eigenvalue weighted by molar-refractivity contribution is -0.123. The molecule has 0 spiro atoms. The molecule has 0 aliphatic heterocycles. The van der Waals surface area contributed by atoms with Crippen LogP contribution in [0.3, 0.4) is 0 Å². The predicted molar refractivity (Wildman–Crippen MR) is 84.0 cm³/mol. The van der Waals surface area contributed by atoms with Gasteiger partial charge in [-0.15, -0.1) is 0 Å². The number of ether oxygens (including phenoxy) is 2. The molecule has 1 aromatic rings. The zero-order chi connectivity index (χ0) is 15.2. The van der Waals surface area contributed by atoms with Crippen LogP contribution in [0.4, 0.5) is 0 Å². The van der Waals surface area contributed by atoms with Gasteiger partial charge < -0.3 is 9.47 Å². The van der Waals surface area contributed by atoms with E-state index in [1.165, 1.54) is 19.3 Å². The summed E-state index contributed by atoms with van der Waals surface area (Å²) in [7, 11) is 3.24. The van der Waals surface area contributed by atoms with Crippen LogP contribution in [0.5, 0.6) is 11.5 Å². The van der Waals surface area contributed by atoms with E-state index in [4.69, 9.17) is 9.47 Å². The average Bonchev–Trinajstić information content (AvgIpc) is 2.54. The predicted octanol–water partition coefficient (Wildman–Crippen LogP) is 4.03. The van der Waals surface area contributed by atoms with Crippen molar-refractivity contribution in [3.63, 3.8) is 0 Å². The lowest BCUT2D eigenvalue weighted by Gasteiger charge is -2.27. The Labute approximate surface area is 127 Å². The van der Waals surface area contributed by atoms with Crippen molar-refractivity contribution in [2.45, 2.75) is 45.4 Å². The third-order valence-corrected chi connectivity index (χ3v) is 4.64. The first-order chi connectivity index (χ1) is 10.2. The molecule has 0 amide bonds. The zero-order valence-electron chi connectivity index (χ0n) is 13.4. The van der Waals surface area contributed by atoms with Crippen LogP contribution in [0.15, 0.2) is 18.2 Å². The smallest absolute Gasteiger partial charge is 0.161 e. The molecule has 0 saturated heterocycles. The van der Waals surface area contributed by atoms with E-state index in [1.807, 2.05) is 18.2 Å².